The van der Waals surface area contributed by atoms with Crippen LogP contribution in [0.4, 0.5) is 0 Å². The third-order valence-corrected chi connectivity index (χ3v) is 3.22. The minimum atomic E-state index is -0.394. The van der Waals surface area contributed by atoms with E-state index in [0.717, 1.165) is 58.9 Å². The molecule has 1 heterocycles. The maximum Gasteiger partial charge on any atom is 0.307 e. The van der Waals surface area contributed by atoms with Crippen molar-refractivity contribution in [2.24, 2.45) is 0 Å². The molecule has 0 aromatic rings. The van der Waals surface area contributed by atoms with Crippen molar-refractivity contribution in [2.45, 2.75) is 32.8 Å². The van der Waals surface area contributed by atoms with Crippen LogP contribution in [0.2, 0.25) is 0 Å². The molecule has 6 heteroatoms. The number of nitrogens with zero attached hydrogens (tertiary/aromatic N) is 1. The van der Waals surface area contributed by atoms with Gasteiger partial charge in [0.05, 0.1) is 6.42 Å². The van der Waals surface area contributed by atoms with Crippen molar-refractivity contribution in [2.75, 3.05) is 58.9 Å². The van der Waals surface area contributed by atoms with Crippen LogP contribution in [0.15, 0.2) is 0 Å². The van der Waals surface area contributed by atoms with E-state index in [1.165, 1.54) is 0 Å². The molecular formula is C15H32N4O2. The molecule has 0 atom stereocenters. The molecule has 1 rings (SSSR count). The molecular weight excluding hydrogens is 268 g/mol. The predicted molar refractivity (Wildman–Crippen MR) is 85.5 cm³/mol. The fourth-order valence-corrected chi connectivity index (χ4v) is 2.18. The molecule has 1 aliphatic rings. The second kappa shape index (κ2) is 10.1. The summed E-state index contributed by atoms with van der Waals surface area (Å²) in [4.78, 5) is 14.1. The SMILES string of the molecule is CC(C)(C)OC(=O)CCN1CCNCCNCCNCC1. The molecule has 124 valence electrons. The molecule has 1 aliphatic heterocycles. The number of rotatable bonds is 3. The lowest BCUT2D eigenvalue weighted by Gasteiger charge is -2.24. The Bertz CT molecular complexity index is 280. The van der Waals surface area contributed by atoms with Gasteiger partial charge in [-0.2, -0.15) is 0 Å². The number of esters is 1. The fourth-order valence-electron chi connectivity index (χ4n) is 2.18. The van der Waals surface area contributed by atoms with Gasteiger partial charge in [0, 0.05) is 58.9 Å². The molecule has 0 amide bonds. The van der Waals surface area contributed by atoms with Crippen LogP contribution >= 0.6 is 0 Å². The fraction of sp³-hybridized carbons (Fsp3) is 0.933. The van der Waals surface area contributed by atoms with Crippen molar-refractivity contribution in [3.8, 4) is 0 Å². The van der Waals surface area contributed by atoms with Gasteiger partial charge in [-0.25, -0.2) is 0 Å². The number of hydrogen-bond donors (Lipinski definition) is 3. The van der Waals surface area contributed by atoms with E-state index in [2.05, 4.69) is 20.9 Å². The van der Waals surface area contributed by atoms with E-state index in [4.69, 9.17) is 4.74 Å². The zero-order chi connectivity index (χ0) is 15.6. The van der Waals surface area contributed by atoms with Crippen LogP contribution < -0.4 is 16.0 Å². The molecule has 0 aromatic carbocycles. The van der Waals surface area contributed by atoms with Crippen LogP contribution in [0.25, 0.3) is 0 Å². The Morgan fingerprint density at radius 2 is 1.43 bits per heavy atom. The Morgan fingerprint density at radius 3 is 1.90 bits per heavy atom. The van der Waals surface area contributed by atoms with Gasteiger partial charge in [-0.15, -0.1) is 0 Å². The molecule has 0 saturated carbocycles. The van der Waals surface area contributed by atoms with Gasteiger partial charge in [-0.05, 0) is 20.8 Å². The Kier molecular flexibility index (Phi) is 8.84. The van der Waals surface area contributed by atoms with Crippen molar-refractivity contribution in [3.63, 3.8) is 0 Å². The van der Waals surface area contributed by atoms with Gasteiger partial charge in [-0.1, -0.05) is 0 Å². The van der Waals surface area contributed by atoms with E-state index in [1.54, 1.807) is 0 Å². The van der Waals surface area contributed by atoms with Gasteiger partial charge in [0.15, 0.2) is 0 Å². The number of carbonyl (C=O) groups excluding carboxylic acids is 1. The van der Waals surface area contributed by atoms with Crippen LogP contribution in [0, 0.1) is 0 Å². The monoisotopic (exact) mass is 300 g/mol. The van der Waals surface area contributed by atoms with Crippen LogP contribution in [-0.4, -0.2) is 75.4 Å². The van der Waals surface area contributed by atoms with Gasteiger partial charge < -0.3 is 25.6 Å². The molecule has 1 fully saturated rings. The molecule has 0 spiro atoms. The standard InChI is InChI=1S/C15H32N4O2/c1-15(2,3)21-14(20)4-11-19-12-9-17-7-5-16-6-8-18-10-13-19/h16-18H,4-13H2,1-3H3. The van der Waals surface area contributed by atoms with Crippen LogP contribution in [0.1, 0.15) is 27.2 Å². The first-order valence-electron chi connectivity index (χ1n) is 8.04. The van der Waals surface area contributed by atoms with E-state index in [-0.39, 0.29) is 5.97 Å². The number of nitrogens with one attached hydrogen (secondary N) is 3. The van der Waals surface area contributed by atoms with Crippen LogP contribution in [-0.2, 0) is 9.53 Å². The Labute approximate surface area is 129 Å². The van der Waals surface area contributed by atoms with Crippen molar-refractivity contribution in [3.05, 3.63) is 0 Å². The maximum absolute atomic E-state index is 11.8. The molecule has 1 saturated heterocycles. The van der Waals surface area contributed by atoms with E-state index in [0.29, 0.717) is 6.42 Å². The van der Waals surface area contributed by atoms with Gasteiger partial charge in [0.25, 0.3) is 0 Å². The summed E-state index contributed by atoms with van der Waals surface area (Å²) in [5.41, 5.74) is -0.394. The summed E-state index contributed by atoms with van der Waals surface area (Å²) < 4.78 is 5.36. The predicted octanol–water partition coefficient (Wildman–Crippen LogP) is -0.197. The third-order valence-electron chi connectivity index (χ3n) is 3.22. The lowest BCUT2D eigenvalue weighted by molar-refractivity contribution is -0.155. The highest BCUT2D eigenvalue weighted by Crippen LogP contribution is 2.08. The zero-order valence-corrected chi connectivity index (χ0v) is 13.8. The quantitative estimate of drug-likeness (QED) is 0.628. The van der Waals surface area contributed by atoms with Gasteiger partial charge >= 0.3 is 5.97 Å². The second-order valence-corrected chi connectivity index (χ2v) is 6.43. The molecule has 0 radical (unpaired) electrons. The number of hydrogen-bond acceptors (Lipinski definition) is 6. The molecule has 21 heavy (non-hydrogen) atoms. The van der Waals surface area contributed by atoms with Crippen molar-refractivity contribution in [1.29, 1.82) is 0 Å². The van der Waals surface area contributed by atoms with E-state index >= 15 is 0 Å². The lowest BCUT2D eigenvalue weighted by Crippen LogP contribution is -2.42. The summed E-state index contributed by atoms with van der Waals surface area (Å²) in [7, 11) is 0. The van der Waals surface area contributed by atoms with E-state index in [9.17, 15) is 4.79 Å². The van der Waals surface area contributed by atoms with Crippen molar-refractivity contribution < 1.29 is 9.53 Å². The molecule has 0 unspecified atom stereocenters. The highest BCUT2D eigenvalue weighted by atomic mass is 16.6. The average molecular weight is 300 g/mol. The molecule has 0 aromatic heterocycles. The second-order valence-electron chi connectivity index (χ2n) is 6.43. The van der Waals surface area contributed by atoms with Crippen LogP contribution in [0.3, 0.4) is 0 Å². The van der Waals surface area contributed by atoms with Gasteiger partial charge in [-0.3, -0.25) is 4.79 Å². The van der Waals surface area contributed by atoms with Gasteiger partial charge in [0.1, 0.15) is 5.60 Å². The van der Waals surface area contributed by atoms with Crippen LogP contribution in [0.5, 0.6) is 0 Å². The Balaban J connectivity index is 2.29. The minimum Gasteiger partial charge on any atom is -0.460 e. The highest BCUT2D eigenvalue weighted by Gasteiger charge is 2.17. The summed E-state index contributed by atoms with van der Waals surface area (Å²) in [6.07, 6.45) is 0.457. The third kappa shape index (κ3) is 10.6. The summed E-state index contributed by atoms with van der Waals surface area (Å²) in [5.74, 6) is -0.112. The Hall–Kier alpha value is -0.690. The van der Waals surface area contributed by atoms with E-state index in [1.807, 2.05) is 20.8 Å². The first-order valence-corrected chi connectivity index (χ1v) is 8.04. The van der Waals surface area contributed by atoms with Gasteiger partial charge in [0.2, 0.25) is 0 Å². The number of ether oxygens (including phenoxy) is 1. The first kappa shape index (κ1) is 18.4. The van der Waals surface area contributed by atoms with Crippen molar-refractivity contribution >= 4 is 5.97 Å². The smallest absolute Gasteiger partial charge is 0.307 e. The normalized spacial score (nSPS) is 20.3. The number of carbonyl (C=O) groups is 1. The van der Waals surface area contributed by atoms with Crippen molar-refractivity contribution in [1.82, 2.24) is 20.9 Å². The highest BCUT2D eigenvalue weighted by molar-refractivity contribution is 5.70. The molecule has 6 nitrogen and oxygen atoms in total. The first-order chi connectivity index (χ1) is 9.97. The summed E-state index contributed by atoms with van der Waals surface area (Å²) in [6, 6.07) is 0. The molecule has 3 N–H and O–H groups in total. The average Bonchev–Trinajstić information content (AvgIpc) is 2.36. The lowest BCUT2D eigenvalue weighted by atomic mass is 10.2. The Morgan fingerprint density at radius 1 is 0.952 bits per heavy atom. The topological polar surface area (TPSA) is 65.6 Å². The maximum atomic E-state index is 11.8. The van der Waals surface area contributed by atoms with E-state index < -0.39 is 5.60 Å². The zero-order valence-electron chi connectivity index (χ0n) is 13.8. The molecule has 0 aliphatic carbocycles. The largest absolute Gasteiger partial charge is 0.460 e. The minimum absolute atomic E-state index is 0.112. The molecule has 0 bridgehead atoms. The summed E-state index contributed by atoms with van der Waals surface area (Å²) in [5, 5.41) is 10.2. The summed E-state index contributed by atoms with van der Waals surface area (Å²) in [6.45, 7) is 14.3. The summed E-state index contributed by atoms with van der Waals surface area (Å²) >= 11 is 0.